The van der Waals surface area contributed by atoms with Crippen molar-refractivity contribution in [3.8, 4) is 5.88 Å². The molecule has 160 valence electrons. The fourth-order valence-corrected chi connectivity index (χ4v) is 3.02. The molecule has 1 amide bonds. The highest BCUT2D eigenvalue weighted by atomic mass is 19.4. The van der Waals surface area contributed by atoms with E-state index in [1.165, 1.54) is 18.5 Å². The molecule has 1 fully saturated rings. The van der Waals surface area contributed by atoms with Crippen molar-refractivity contribution in [3.05, 3.63) is 53.5 Å². The van der Waals surface area contributed by atoms with Crippen LogP contribution in [-0.4, -0.2) is 34.4 Å². The fourth-order valence-electron chi connectivity index (χ4n) is 3.02. The van der Waals surface area contributed by atoms with Crippen molar-refractivity contribution >= 4 is 11.7 Å². The standard InChI is InChI=1S/C21H22F3N3O3/c1-13(16-5-6-19(26-11-16)30-12-21(22,23)24)27-20(29)15-7-8-25-17(9-15)10-18(28)14-3-2-4-14/h5-9,11,13-14H,2-4,10,12H2,1H3,(H,27,29). The summed E-state index contributed by atoms with van der Waals surface area (Å²) in [5.74, 6) is -0.234. The molecular weight excluding hydrogens is 399 g/mol. The zero-order chi connectivity index (χ0) is 21.7. The number of aromatic nitrogens is 2. The molecule has 1 N–H and O–H groups in total. The molecule has 1 aliphatic rings. The minimum absolute atomic E-state index is 0.111. The number of hydrogen-bond acceptors (Lipinski definition) is 5. The van der Waals surface area contributed by atoms with Crippen LogP contribution in [0.1, 0.15) is 53.8 Å². The van der Waals surface area contributed by atoms with Crippen LogP contribution in [0.5, 0.6) is 5.88 Å². The van der Waals surface area contributed by atoms with Crippen molar-refractivity contribution in [3.63, 3.8) is 0 Å². The lowest BCUT2D eigenvalue weighted by molar-refractivity contribution is -0.154. The first-order chi connectivity index (χ1) is 14.2. The number of Topliss-reactive ketones (excluding diaryl/α,β-unsaturated/α-hetero) is 1. The molecule has 1 aliphatic carbocycles. The number of ether oxygens (including phenoxy) is 1. The van der Waals surface area contributed by atoms with Crippen LogP contribution in [0.2, 0.25) is 0 Å². The number of halogens is 3. The molecule has 1 atom stereocenters. The van der Waals surface area contributed by atoms with Crippen LogP contribution in [0, 0.1) is 5.92 Å². The first kappa shape index (κ1) is 21.7. The largest absolute Gasteiger partial charge is 0.468 e. The van der Waals surface area contributed by atoms with Gasteiger partial charge in [0.2, 0.25) is 5.88 Å². The molecule has 0 saturated heterocycles. The number of nitrogens with zero attached hydrogens (tertiary/aromatic N) is 2. The van der Waals surface area contributed by atoms with Crippen molar-refractivity contribution < 1.29 is 27.5 Å². The van der Waals surface area contributed by atoms with Gasteiger partial charge in [-0.05, 0) is 37.5 Å². The van der Waals surface area contributed by atoms with Crippen molar-refractivity contribution in [2.45, 2.75) is 44.8 Å². The number of alkyl halides is 3. The topological polar surface area (TPSA) is 81.2 Å². The number of carbonyl (C=O) groups is 2. The van der Waals surface area contributed by atoms with E-state index in [0.29, 0.717) is 16.8 Å². The van der Waals surface area contributed by atoms with Gasteiger partial charge in [-0.2, -0.15) is 13.2 Å². The number of amides is 1. The molecule has 6 nitrogen and oxygen atoms in total. The van der Waals surface area contributed by atoms with Crippen LogP contribution in [0.3, 0.4) is 0 Å². The third-order valence-corrected chi connectivity index (χ3v) is 4.99. The number of hydrogen-bond donors (Lipinski definition) is 1. The predicted octanol–water partition coefficient (Wildman–Crippen LogP) is 3.82. The Balaban J connectivity index is 1.57. The van der Waals surface area contributed by atoms with Gasteiger partial charge in [0.25, 0.3) is 5.91 Å². The molecule has 1 unspecified atom stereocenters. The molecule has 1 saturated carbocycles. The molecule has 2 aromatic heterocycles. The molecule has 0 radical (unpaired) electrons. The van der Waals surface area contributed by atoms with Crippen LogP contribution < -0.4 is 10.1 Å². The van der Waals surface area contributed by atoms with Crippen LogP contribution in [0.4, 0.5) is 13.2 Å². The van der Waals surface area contributed by atoms with Gasteiger partial charge in [0.1, 0.15) is 5.78 Å². The van der Waals surface area contributed by atoms with Gasteiger partial charge < -0.3 is 10.1 Å². The average Bonchev–Trinajstić information content (AvgIpc) is 2.65. The lowest BCUT2D eigenvalue weighted by Crippen LogP contribution is -2.27. The highest BCUT2D eigenvalue weighted by molar-refractivity contribution is 5.94. The van der Waals surface area contributed by atoms with Crippen molar-refractivity contribution in [2.24, 2.45) is 5.92 Å². The zero-order valence-corrected chi connectivity index (χ0v) is 16.4. The Bertz CT molecular complexity index is 896. The fraction of sp³-hybridized carbons (Fsp3) is 0.429. The maximum absolute atomic E-state index is 12.6. The average molecular weight is 421 g/mol. The van der Waals surface area contributed by atoms with Crippen molar-refractivity contribution in [1.29, 1.82) is 0 Å². The van der Waals surface area contributed by atoms with Gasteiger partial charge in [-0.3, -0.25) is 14.6 Å². The Labute approximate surface area is 171 Å². The Hall–Kier alpha value is -2.97. The summed E-state index contributed by atoms with van der Waals surface area (Å²) in [7, 11) is 0. The third-order valence-electron chi connectivity index (χ3n) is 4.99. The highest BCUT2D eigenvalue weighted by Crippen LogP contribution is 2.28. The van der Waals surface area contributed by atoms with Crippen LogP contribution in [0.25, 0.3) is 0 Å². The van der Waals surface area contributed by atoms with E-state index in [-0.39, 0.29) is 29.9 Å². The Morgan fingerprint density at radius 2 is 2.00 bits per heavy atom. The normalized spacial score (nSPS) is 15.2. The lowest BCUT2D eigenvalue weighted by atomic mass is 9.81. The maximum Gasteiger partial charge on any atom is 0.422 e. The SMILES string of the molecule is CC(NC(=O)c1ccnc(CC(=O)C2CCC2)c1)c1ccc(OCC(F)(F)F)nc1. The number of ketones is 1. The van der Waals surface area contributed by atoms with Gasteiger partial charge in [-0.15, -0.1) is 0 Å². The highest BCUT2D eigenvalue weighted by Gasteiger charge is 2.28. The second-order valence-electron chi connectivity index (χ2n) is 7.34. The summed E-state index contributed by atoms with van der Waals surface area (Å²) in [4.78, 5) is 32.7. The minimum Gasteiger partial charge on any atom is -0.468 e. The van der Waals surface area contributed by atoms with Crippen molar-refractivity contribution in [2.75, 3.05) is 6.61 Å². The van der Waals surface area contributed by atoms with E-state index in [0.717, 1.165) is 19.3 Å². The van der Waals surface area contributed by atoms with Gasteiger partial charge in [-0.1, -0.05) is 12.5 Å². The van der Waals surface area contributed by atoms with Gasteiger partial charge in [0.15, 0.2) is 6.61 Å². The van der Waals surface area contributed by atoms with E-state index in [4.69, 9.17) is 0 Å². The molecular formula is C21H22F3N3O3. The van der Waals surface area contributed by atoms with Gasteiger partial charge in [0, 0.05) is 42.1 Å². The Morgan fingerprint density at radius 3 is 2.60 bits per heavy atom. The summed E-state index contributed by atoms with van der Waals surface area (Å²) >= 11 is 0. The van der Waals surface area contributed by atoms with Crippen LogP contribution in [0.15, 0.2) is 36.7 Å². The van der Waals surface area contributed by atoms with E-state index in [1.807, 2.05) is 0 Å². The monoisotopic (exact) mass is 421 g/mol. The predicted molar refractivity (Wildman–Crippen MR) is 102 cm³/mol. The van der Waals surface area contributed by atoms with Crippen LogP contribution in [-0.2, 0) is 11.2 Å². The summed E-state index contributed by atoms with van der Waals surface area (Å²) in [5, 5.41) is 2.80. The number of carbonyl (C=O) groups excluding carboxylic acids is 2. The van der Waals surface area contributed by atoms with E-state index in [9.17, 15) is 22.8 Å². The number of pyridine rings is 2. The first-order valence-electron chi connectivity index (χ1n) is 9.65. The second-order valence-corrected chi connectivity index (χ2v) is 7.34. The molecule has 2 heterocycles. The molecule has 9 heteroatoms. The van der Waals surface area contributed by atoms with E-state index >= 15 is 0 Å². The summed E-state index contributed by atoms with van der Waals surface area (Å²) in [6, 6.07) is 5.59. The Morgan fingerprint density at radius 1 is 1.23 bits per heavy atom. The summed E-state index contributed by atoms with van der Waals surface area (Å²) in [6.45, 7) is 0.312. The minimum atomic E-state index is -4.44. The zero-order valence-electron chi connectivity index (χ0n) is 16.4. The van der Waals surface area contributed by atoms with E-state index < -0.39 is 18.8 Å². The molecule has 0 spiro atoms. The number of nitrogens with one attached hydrogen (secondary N) is 1. The molecule has 0 aromatic carbocycles. The van der Waals surface area contributed by atoms with Gasteiger partial charge in [0.05, 0.1) is 6.04 Å². The second kappa shape index (κ2) is 9.23. The van der Waals surface area contributed by atoms with E-state index in [1.54, 1.807) is 25.1 Å². The van der Waals surface area contributed by atoms with Gasteiger partial charge in [-0.25, -0.2) is 4.98 Å². The molecule has 3 rings (SSSR count). The first-order valence-corrected chi connectivity index (χ1v) is 9.65. The van der Waals surface area contributed by atoms with E-state index in [2.05, 4.69) is 20.0 Å². The molecule has 0 bridgehead atoms. The van der Waals surface area contributed by atoms with Crippen LogP contribution >= 0.6 is 0 Å². The molecule has 2 aromatic rings. The smallest absolute Gasteiger partial charge is 0.422 e. The van der Waals surface area contributed by atoms with Gasteiger partial charge >= 0.3 is 6.18 Å². The van der Waals surface area contributed by atoms with Crippen molar-refractivity contribution in [1.82, 2.24) is 15.3 Å². The molecule has 0 aliphatic heterocycles. The lowest BCUT2D eigenvalue weighted by Gasteiger charge is -2.23. The third kappa shape index (κ3) is 6.01. The maximum atomic E-state index is 12.6. The summed E-state index contributed by atoms with van der Waals surface area (Å²) in [5.41, 5.74) is 1.54. The molecule has 30 heavy (non-hydrogen) atoms. The number of rotatable bonds is 8. The summed E-state index contributed by atoms with van der Waals surface area (Å²) < 4.78 is 41.1. The quantitative estimate of drug-likeness (QED) is 0.701. The Kier molecular flexibility index (Phi) is 6.69. The summed E-state index contributed by atoms with van der Waals surface area (Å²) in [6.07, 6.45) is 1.55.